The molecule has 2 unspecified atom stereocenters. The van der Waals surface area contributed by atoms with E-state index in [0.717, 1.165) is 13.2 Å². The first-order valence-electron chi connectivity index (χ1n) is 2.80. The first kappa shape index (κ1) is 6.52. The number of hydrogen-bond acceptors (Lipinski definition) is 2. The van der Waals surface area contributed by atoms with Crippen molar-refractivity contribution in [2.45, 2.75) is 18.6 Å². The van der Waals surface area contributed by atoms with Gasteiger partial charge < -0.3 is 10.1 Å². The Morgan fingerprint density at radius 1 is 1.50 bits per heavy atom. The van der Waals surface area contributed by atoms with E-state index in [4.69, 9.17) is 4.74 Å². The van der Waals surface area contributed by atoms with Crippen LogP contribution in [0.4, 0.5) is 0 Å². The predicted octanol–water partition coefficient (Wildman–Crippen LogP) is 0.325. The van der Waals surface area contributed by atoms with Crippen LogP contribution in [0.3, 0.4) is 0 Å². The van der Waals surface area contributed by atoms with E-state index in [1.807, 2.05) is 0 Å². The van der Waals surface area contributed by atoms with E-state index in [0.29, 0.717) is 12.1 Å². The van der Waals surface area contributed by atoms with Crippen molar-refractivity contribution in [1.29, 1.82) is 0 Å². The Hall–Kier alpha value is 0.400. The van der Waals surface area contributed by atoms with Gasteiger partial charge in [-0.2, -0.15) is 0 Å². The minimum absolute atomic E-state index is 0. The summed E-state index contributed by atoms with van der Waals surface area (Å²) >= 11 is 0. The summed E-state index contributed by atoms with van der Waals surface area (Å²) in [7, 11) is 0. The van der Waals surface area contributed by atoms with Crippen molar-refractivity contribution in [3.05, 3.63) is 0 Å². The summed E-state index contributed by atoms with van der Waals surface area (Å²) in [5, 5.41) is 3.33. The maximum absolute atomic E-state index is 5.29. The number of morpholine rings is 1. The van der Waals surface area contributed by atoms with Crippen LogP contribution in [0.1, 0.15) is 6.42 Å². The lowest BCUT2D eigenvalue weighted by molar-refractivity contribution is 0.0892. The largest absolute Gasteiger partial charge is 0.375 e. The number of halogens is 1. The zero-order chi connectivity index (χ0) is 4.69. The summed E-state index contributed by atoms with van der Waals surface area (Å²) < 4.78 is 5.29. The second-order valence-corrected chi connectivity index (χ2v) is 2.30. The molecule has 48 valence electrons. The third-order valence-corrected chi connectivity index (χ3v) is 1.71. The molecule has 1 N–H and O–H groups in total. The lowest BCUT2D eigenvalue weighted by atomic mass is 10.3. The van der Waals surface area contributed by atoms with Crippen molar-refractivity contribution in [3.63, 3.8) is 0 Å². The van der Waals surface area contributed by atoms with E-state index in [1.54, 1.807) is 0 Å². The molecule has 2 saturated heterocycles. The molecule has 3 heteroatoms. The predicted molar refractivity (Wildman–Crippen MR) is 36.5 cm³/mol. The zero-order valence-electron chi connectivity index (χ0n) is 4.59. The summed E-state index contributed by atoms with van der Waals surface area (Å²) in [5.74, 6) is 0. The second-order valence-electron chi connectivity index (χ2n) is 2.30. The summed E-state index contributed by atoms with van der Waals surface area (Å²) in [4.78, 5) is 0. The molecule has 8 heavy (non-hydrogen) atoms. The number of hydrogen-bond donors (Lipinski definition) is 1. The highest BCUT2D eigenvalue weighted by molar-refractivity contribution is 8.93. The Morgan fingerprint density at radius 3 is 2.50 bits per heavy atom. The highest BCUT2D eigenvalue weighted by Crippen LogP contribution is 2.17. The fraction of sp³-hybridized carbons (Fsp3) is 1.00. The Kier molecular flexibility index (Phi) is 1.90. The van der Waals surface area contributed by atoms with Crippen LogP contribution < -0.4 is 5.32 Å². The molecule has 2 aliphatic rings. The van der Waals surface area contributed by atoms with Crippen LogP contribution in [0, 0.1) is 0 Å². The van der Waals surface area contributed by atoms with Crippen molar-refractivity contribution >= 4 is 17.0 Å². The third kappa shape index (κ3) is 0.900. The summed E-state index contributed by atoms with van der Waals surface area (Å²) in [6, 6.07) is 0.699. The van der Waals surface area contributed by atoms with Crippen molar-refractivity contribution in [2.24, 2.45) is 0 Å². The standard InChI is InChI=1S/C5H9NO.BrH/c1-4-3-7-5(1)2-6-4;/h4-6H,1-3H2;1H. The minimum Gasteiger partial charge on any atom is -0.375 e. The van der Waals surface area contributed by atoms with Crippen LogP contribution in [0.2, 0.25) is 0 Å². The average molecular weight is 180 g/mol. The second kappa shape index (κ2) is 2.33. The summed E-state index contributed by atoms with van der Waals surface area (Å²) in [6.45, 7) is 2.04. The van der Waals surface area contributed by atoms with Gasteiger partial charge >= 0.3 is 0 Å². The molecule has 0 aromatic carbocycles. The van der Waals surface area contributed by atoms with Gasteiger partial charge in [0.1, 0.15) is 0 Å². The molecular weight excluding hydrogens is 170 g/mol. The molecule has 0 aromatic heterocycles. The molecule has 2 aliphatic heterocycles. The van der Waals surface area contributed by atoms with Gasteiger partial charge in [0.05, 0.1) is 12.7 Å². The molecule has 2 heterocycles. The summed E-state index contributed by atoms with van der Waals surface area (Å²) in [5.41, 5.74) is 0. The van der Waals surface area contributed by atoms with Crippen molar-refractivity contribution in [1.82, 2.24) is 5.32 Å². The van der Waals surface area contributed by atoms with E-state index in [1.165, 1.54) is 6.42 Å². The van der Waals surface area contributed by atoms with Crippen LogP contribution in [0.15, 0.2) is 0 Å². The molecule has 0 saturated carbocycles. The quantitative estimate of drug-likeness (QED) is 0.579. The van der Waals surface area contributed by atoms with Crippen LogP contribution >= 0.6 is 17.0 Å². The monoisotopic (exact) mass is 179 g/mol. The van der Waals surface area contributed by atoms with Gasteiger partial charge in [-0.1, -0.05) is 0 Å². The Bertz CT molecular complexity index is 70.5. The molecule has 2 atom stereocenters. The first-order valence-corrected chi connectivity index (χ1v) is 2.80. The molecule has 0 spiro atoms. The zero-order valence-corrected chi connectivity index (χ0v) is 6.31. The summed E-state index contributed by atoms with van der Waals surface area (Å²) in [6.07, 6.45) is 1.81. The van der Waals surface area contributed by atoms with Gasteiger partial charge in [0.2, 0.25) is 0 Å². The topological polar surface area (TPSA) is 21.3 Å². The molecule has 0 amide bonds. The first-order chi connectivity index (χ1) is 3.45. The fourth-order valence-corrected chi connectivity index (χ4v) is 1.29. The minimum atomic E-state index is 0. The van der Waals surface area contributed by atoms with E-state index in [2.05, 4.69) is 5.32 Å². The van der Waals surface area contributed by atoms with Crippen LogP contribution in [0.25, 0.3) is 0 Å². The Morgan fingerprint density at radius 2 is 2.38 bits per heavy atom. The van der Waals surface area contributed by atoms with E-state index in [-0.39, 0.29) is 17.0 Å². The molecule has 0 aliphatic carbocycles. The number of ether oxygens (including phenoxy) is 1. The maximum Gasteiger partial charge on any atom is 0.0716 e. The van der Waals surface area contributed by atoms with Crippen molar-refractivity contribution < 1.29 is 4.74 Å². The molecule has 2 fully saturated rings. The average Bonchev–Trinajstić information content (AvgIpc) is 2.22. The van der Waals surface area contributed by atoms with Crippen molar-refractivity contribution in [3.8, 4) is 0 Å². The van der Waals surface area contributed by atoms with Gasteiger partial charge in [0.25, 0.3) is 0 Å². The molecular formula is C5H10BrNO. The Labute approximate surface area is 59.4 Å². The van der Waals surface area contributed by atoms with E-state index in [9.17, 15) is 0 Å². The van der Waals surface area contributed by atoms with Gasteiger partial charge in [-0.3, -0.25) is 0 Å². The smallest absolute Gasteiger partial charge is 0.0716 e. The molecule has 2 nitrogen and oxygen atoms in total. The number of rotatable bonds is 0. The van der Waals surface area contributed by atoms with Gasteiger partial charge in [0, 0.05) is 12.6 Å². The van der Waals surface area contributed by atoms with Crippen LogP contribution in [0.5, 0.6) is 0 Å². The molecule has 2 bridgehead atoms. The maximum atomic E-state index is 5.29. The number of nitrogens with one attached hydrogen (secondary N) is 1. The normalized spacial score (nSPS) is 42.0. The lowest BCUT2D eigenvalue weighted by Crippen LogP contribution is -2.30. The SMILES string of the molecule is Br.C1OC2CNC1C2. The van der Waals surface area contributed by atoms with Crippen LogP contribution in [-0.4, -0.2) is 25.3 Å². The number of fused-ring (bicyclic) bond motifs is 2. The highest BCUT2D eigenvalue weighted by Gasteiger charge is 2.31. The third-order valence-electron chi connectivity index (χ3n) is 1.71. The Balaban J connectivity index is 0.000000320. The van der Waals surface area contributed by atoms with Gasteiger partial charge in [-0.05, 0) is 6.42 Å². The van der Waals surface area contributed by atoms with Gasteiger partial charge in [0.15, 0.2) is 0 Å². The highest BCUT2D eigenvalue weighted by atomic mass is 79.9. The van der Waals surface area contributed by atoms with Crippen molar-refractivity contribution in [2.75, 3.05) is 13.2 Å². The van der Waals surface area contributed by atoms with Crippen LogP contribution in [-0.2, 0) is 4.74 Å². The van der Waals surface area contributed by atoms with E-state index < -0.39 is 0 Å². The molecule has 0 aromatic rings. The fourth-order valence-electron chi connectivity index (χ4n) is 1.29. The van der Waals surface area contributed by atoms with Gasteiger partial charge in [-0.25, -0.2) is 0 Å². The molecule has 2 rings (SSSR count). The van der Waals surface area contributed by atoms with Gasteiger partial charge in [-0.15, -0.1) is 17.0 Å². The molecule has 0 radical (unpaired) electrons. The lowest BCUT2D eigenvalue weighted by Gasteiger charge is -2.09. The van der Waals surface area contributed by atoms with E-state index >= 15 is 0 Å².